The molecule has 0 aromatic heterocycles. The lowest BCUT2D eigenvalue weighted by molar-refractivity contribution is -0.147. The molecule has 1 fully saturated rings. The lowest BCUT2D eigenvalue weighted by Gasteiger charge is -2.46. The number of ketones is 2. The third-order valence-corrected chi connectivity index (χ3v) is 7.48. The summed E-state index contributed by atoms with van der Waals surface area (Å²) in [5.41, 5.74) is 4.15. The highest BCUT2D eigenvalue weighted by molar-refractivity contribution is 6.22. The molecular weight excluding hydrogens is 490 g/mol. The highest BCUT2D eigenvalue weighted by atomic mass is 16.3. The van der Waals surface area contributed by atoms with E-state index >= 15 is 0 Å². The summed E-state index contributed by atoms with van der Waals surface area (Å²) in [6.45, 7) is 7.18. The Morgan fingerprint density at radius 2 is 1.79 bits per heavy atom. The summed E-state index contributed by atoms with van der Waals surface area (Å²) in [4.78, 5) is 37.8. The number of phenolic OH excluding ortho intramolecular Hbond substituents is 1. The van der Waals surface area contributed by atoms with E-state index in [1.807, 2.05) is 27.1 Å². The van der Waals surface area contributed by atoms with Crippen molar-refractivity contribution in [2.45, 2.75) is 58.6 Å². The number of carbonyl (C=O) groups is 3. The van der Waals surface area contributed by atoms with Crippen LogP contribution >= 0.6 is 0 Å². The molecule has 38 heavy (non-hydrogen) atoms. The summed E-state index contributed by atoms with van der Waals surface area (Å²) in [6.07, 6.45) is 0.768. The van der Waals surface area contributed by atoms with E-state index in [0.717, 1.165) is 17.7 Å². The molecule has 0 radical (unpaired) electrons. The second kappa shape index (κ2) is 11.3. The molecule has 8 N–H and O–H groups in total. The Morgan fingerprint density at radius 1 is 1.16 bits per heavy atom. The van der Waals surface area contributed by atoms with Gasteiger partial charge in [-0.2, -0.15) is 0 Å². The van der Waals surface area contributed by atoms with Gasteiger partial charge >= 0.3 is 0 Å². The van der Waals surface area contributed by atoms with E-state index in [4.69, 9.17) is 5.73 Å². The van der Waals surface area contributed by atoms with Gasteiger partial charge in [-0.1, -0.05) is 26.8 Å². The number of Topliss-reactive ketones (excluding diaryl/α,β-unsaturated/α-hetero) is 2. The minimum absolute atomic E-state index is 0.120. The third-order valence-electron chi connectivity index (χ3n) is 7.48. The summed E-state index contributed by atoms with van der Waals surface area (Å²) in [5, 5.41) is 50.4. The molecule has 3 atom stereocenters. The lowest BCUT2D eigenvalue weighted by Crippen LogP contribution is -2.58. The first-order valence-corrected chi connectivity index (χ1v) is 13.0. The molecule has 3 aliphatic rings. The summed E-state index contributed by atoms with van der Waals surface area (Å²) < 4.78 is 0. The van der Waals surface area contributed by atoms with Gasteiger partial charge in [0, 0.05) is 30.0 Å². The van der Waals surface area contributed by atoms with Crippen molar-refractivity contribution < 1.29 is 34.8 Å². The number of primary amides is 1. The van der Waals surface area contributed by atoms with Crippen LogP contribution in [0.5, 0.6) is 5.75 Å². The first kappa shape index (κ1) is 29.3. The van der Waals surface area contributed by atoms with Crippen LogP contribution in [0.3, 0.4) is 0 Å². The van der Waals surface area contributed by atoms with Crippen LogP contribution in [0.25, 0.3) is 5.76 Å². The average Bonchev–Trinajstić information content (AvgIpc) is 2.82. The predicted molar refractivity (Wildman–Crippen MR) is 142 cm³/mol. The van der Waals surface area contributed by atoms with Crippen molar-refractivity contribution in [3.8, 4) is 5.75 Å². The molecule has 4 rings (SSSR count). The fraction of sp³-hybridized carbons (Fsp3) is 0.536. The van der Waals surface area contributed by atoms with E-state index in [1.165, 1.54) is 0 Å². The van der Waals surface area contributed by atoms with Crippen LogP contribution in [0.4, 0.5) is 0 Å². The molecule has 0 spiro atoms. The Balaban J connectivity index is 0.00000127. The van der Waals surface area contributed by atoms with Gasteiger partial charge in [0.05, 0.1) is 5.56 Å². The Hall–Kier alpha value is -3.21. The zero-order valence-corrected chi connectivity index (χ0v) is 22.6. The fourth-order valence-electron chi connectivity index (χ4n) is 5.77. The quantitative estimate of drug-likeness (QED) is 0.269. The number of rotatable bonds is 6. The molecule has 1 saturated carbocycles. The van der Waals surface area contributed by atoms with Gasteiger partial charge in [-0.3, -0.25) is 14.4 Å². The minimum atomic E-state index is -2.55. The predicted octanol–water partition coefficient (Wildman–Crippen LogP) is 1.57. The summed E-state index contributed by atoms with van der Waals surface area (Å²) in [5.74, 6) is -5.68. The van der Waals surface area contributed by atoms with Crippen LogP contribution in [-0.2, 0) is 33.8 Å². The zero-order valence-electron chi connectivity index (χ0n) is 22.6. The number of aliphatic hydroxyl groups excluding tert-OH is 2. The molecule has 1 amide bonds. The highest BCUT2D eigenvalue weighted by Gasteiger charge is 2.60. The van der Waals surface area contributed by atoms with Gasteiger partial charge in [0.2, 0.25) is 5.78 Å². The van der Waals surface area contributed by atoms with Crippen LogP contribution < -0.4 is 16.4 Å². The number of aromatic hydroxyl groups is 1. The maximum atomic E-state index is 13.6. The molecule has 208 valence electrons. The molecule has 0 bridgehead atoms. The normalized spacial score (nSPS) is 24.5. The summed E-state index contributed by atoms with van der Waals surface area (Å²) in [7, 11) is 3.75. The molecule has 10 heteroatoms. The Morgan fingerprint density at radius 3 is 2.34 bits per heavy atom. The van der Waals surface area contributed by atoms with Gasteiger partial charge in [-0.25, -0.2) is 0 Å². The molecule has 0 heterocycles. The second-order valence-corrected chi connectivity index (χ2v) is 10.7. The van der Waals surface area contributed by atoms with E-state index in [0.29, 0.717) is 30.9 Å². The maximum Gasteiger partial charge on any atom is 0.255 e. The number of aliphatic hydroxyl groups is 3. The third kappa shape index (κ3) is 4.83. The van der Waals surface area contributed by atoms with E-state index in [2.05, 4.69) is 24.5 Å². The smallest absolute Gasteiger partial charge is 0.255 e. The molecular formula is C28H39N3O7. The van der Waals surface area contributed by atoms with Crippen LogP contribution in [0, 0.1) is 17.8 Å². The largest absolute Gasteiger partial charge is 0.508 e. The topological polar surface area (TPSA) is 182 Å². The van der Waals surface area contributed by atoms with E-state index in [1.54, 1.807) is 0 Å². The van der Waals surface area contributed by atoms with Crippen molar-refractivity contribution in [3.05, 3.63) is 45.2 Å². The Labute approximate surface area is 222 Å². The molecule has 1 unspecified atom stereocenters. The molecule has 1 aromatic carbocycles. The van der Waals surface area contributed by atoms with Crippen molar-refractivity contribution >= 4 is 23.2 Å². The van der Waals surface area contributed by atoms with Gasteiger partial charge in [0.15, 0.2) is 11.4 Å². The molecule has 3 aliphatic carbocycles. The van der Waals surface area contributed by atoms with Gasteiger partial charge in [0.1, 0.15) is 22.8 Å². The average molecular weight is 530 g/mol. The fourth-order valence-corrected chi connectivity index (χ4v) is 5.77. The van der Waals surface area contributed by atoms with Crippen LogP contribution in [0.1, 0.15) is 55.9 Å². The van der Waals surface area contributed by atoms with Crippen LogP contribution in [0.2, 0.25) is 0 Å². The second-order valence-electron chi connectivity index (χ2n) is 10.7. The molecule has 0 aliphatic heterocycles. The van der Waals surface area contributed by atoms with Gasteiger partial charge < -0.3 is 36.8 Å². The number of aryl methyl sites for hydroxylation is 1. The SMILES string of the molecule is CCc1cc(CNCC(C)C)c(O)c2c1CC1C[C@H]3CC(=O)C(C(N)=O)=C(O)[C@@]3(O)C(=O)C1=C2O.CNC. The van der Waals surface area contributed by atoms with E-state index in [9.17, 15) is 34.8 Å². The number of amides is 1. The van der Waals surface area contributed by atoms with Gasteiger partial charge in [0.25, 0.3) is 5.91 Å². The summed E-state index contributed by atoms with van der Waals surface area (Å²) in [6, 6.07) is 1.90. The lowest BCUT2D eigenvalue weighted by atomic mass is 9.59. The van der Waals surface area contributed by atoms with E-state index in [-0.39, 0.29) is 29.7 Å². The van der Waals surface area contributed by atoms with Crippen molar-refractivity contribution in [2.24, 2.45) is 23.5 Å². The molecule has 1 aromatic rings. The van der Waals surface area contributed by atoms with Gasteiger partial charge in [-0.05, 0) is 62.9 Å². The molecule has 10 nitrogen and oxygen atoms in total. The van der Waals surface area contributed by atoms with Gasteiger partial charge in [-0.15, -0.1) is 0 Å². The number of benzene rings is 1. The van der Waals surface area contributed by atoms with E-state index < -0.39 is 52.0 Å². The van der Waals surface area contributed by atoms with Crippen molar-refractivity contribution in [1.82, 2.24) is 10.6 Å². The van der Waals surface area contributed by atoms with Crippen molar-refractivity contribution in [2.75, 3.05) is 20.6 Å². The highest BCUT2D eigenvalue weighted by Crippen LogP contribution is 2.52. The zero-order chi connectivity index (χ0) is 28.5. The standard InChI is InChI=1S/C26H32N2O7.C2H7N/c1-4-12-5-14(10-28-9-11(2)3)21(30)19-16(12)7-13-6-15-8-17(29)20(25(27)34)24(33)26(15,35)23(32)18(13)22(19)31;1-3-2/h5,11,13,15,28,30-31,33,35H,4,6-10H2,1-3H3,(H2,27,34);3H,1-2H3/t13?,15-,26-;/m0./s1. The number of hydrogen-bond donors (Lipinski definition) is 7. The molecule has 0 saturated heterocycles. The van der Waals surface area contributed by atoms with Crippen LogP contribution in [-0.4, -0.2) is 64.1 Å². The number of hydrogen-bond acceptors (Lipinski definition) is 9. The number of nitrogens with two attached hydrogens (primary N) is 1. The minimum Gasteiger partial charge on any atom is -0.508 e. The number of fused-ring (bicyclic) bond motifs is 3. The number of carbonyl (C=O) groups excluding carboxylic acids is 3. The first-order valence-electron chi connectivity index (χ1n) is 13.0. The first-order chi connectivity index (χ1) is 17.8. The monoisotopic (exact) mass is 529 g/mol. The summed E-state index contributed by atoms with van der Waals surface area (Å²) >= 11 is 0. The number of nitrogens with one attached hydrogen (secondary N) is 2. The maximum absolute atomic E-state index is 13.6. The number of phenols is 1. The Kier molecular flexibility index (Phi) is 8.70. The van der Waals surface area contributed by atoms with Crippen LogP contribution in [0.15, 0.2) is 23.0 Å². The Bertz CT molecular complexity index is 1220. The van der Waals surface area contributed by atoms with Crippen molar-refractivity contribution in [3.63, 3.8) is 0 Å². The van der Waals surface area contributed by atoms with Crippen molar-refractivity contribution in [1.29, 1.82) is 0 Å².